The normalized spacial score (nSPS) is 14.3. The highest BCUT2D eigenvalue weighted by Gasteiger charge is 2.32. The van der Waals surface area contributed by atoms with E-state index in [-0.39, 0.29) is 44.7 Å². The average Bonchev–Trinajstić information content (AvgIpc) is 1.86. The molecule has 1 fully saturated rings. The Balaban J connectivity index is 1.09. The summed E-state index contributed by atoms with van der Waals surface area (Å²) < 4.78 is 138. The van der Waals surface area contributed by atoms with Crippen LogP contribution in [0.3, 0.4) is 0 Å². The Hall–Kier alpha value is -3.34. The predicted molar refractivity (Wildman–Crippen MR) is 342 cm³/mol. The number of imide groups is 1. The van der Waals surface area contributed by atoms with Gasteiger partial charge in [-0.3, -0.25) is 9.59 Å². The molecule has 96 heavy (non-hydrogen) atoms. The molecule has 32 nitrogen and oxygen atoms in total. The maximum Gasteiger partial charge on any atom is 0.407 e. The third-order valence-electron chi connectivity index (χ3n) is 12.7. The lowest BCUT2D eigenvalue weighted by atomic mass is 10.0. The van der Waals surface area contributed by atoms with Gasteiger partial charge in [0, 0.05) is 19.4 Å². The highest BCUT2D eigenvalue weighted by atomic mass is 16.7. The van der Waals surface area contributed by atoms with Gasteiger partial charge >= 0.3 is 12.1 Å². The SMILES string of the molecule is O=C(CCOCCOCCOCCOCCOCCOCCOCCOCCOCCOCCOCCOCCOCCOCCOCCOCCOCCOCCOCCOCCOCCOCCOCCOCCNC(=O)OC1CCC=CCCC1)ON1C(=O)CCC1=O. The Labute approximate surface area is 568 Å². The molecule has 1 N–H and O–H groups in total. The van der Waals surface area contributed by atoms with E-state index in [2.05, 4.69) is 17.5 Å². The van der Waals surface area contributed by atoms with E-state index in [1.807, 2.05) is 0 Å². The zero-order chi connectivity index (χ0) is 68.3. The second-order valence-corrected chi connectivity index (χ2v) is 20.4. The maximum atomic E-state index is 12.0. The van der Waals surface area contributed by atoms with Crippen LogP contribution in [0.4, 0.5) is 4.79 Å². The first kappa shape index (κ1) is 88.7. The van der Waals surface area contributed by atoms with Gasteiger partial charge in [-0.05, 0) is 32.1 Å². The Bertz CT molecular complexity index is 1700. The number of nitrogens with one attached hydrogen (secondary N) is 1. The molecule has 2 aliphatic rings. The summed E-state index contributed by atoms with van der Waals surface area (Å²) >= 11 is 0. The van der Waals surface area contributed by atoms with Crippen molar-refractivity contribution in [3.63, 3.8) is 0 Å². The Morgan fingerprint density at radius 2 is 0.521 bits per heavy atom. The molecule has 1 aliphatic carbocycles. The fourth-order valence-corrected chi connectivity index (χ4v) is 7.78. The van der Waals surface area contributed by atoms with Crippen molar-refractivity contribution < 1.29 is 142 Å². The summed E-state index contributed by atoms with van der Waals surface area (Å²) in [5, 5.41) is 3.26. The number of ether oxygens (including phenoxy) is 25. The zero-order valence-corrected chi connectivity index (χ0v) is 57.2. The van der Waals surface area contributed by atoms with Gasteiger partial charge < -0.3 is 129 Å². The molecule has 1 atom stereocenters. The second kappa shape index (κ2) is 74.4. The number of carbonyl (C=O) groups is 4. The quantitative estimate of drug-likeness (QED) is 0.0517. The van der Waals surface area contributed by atoms with E-state index in [9.17, 15) is 19.2 Å². The summed E-state index contributed by atoms with van der Waals surface area (Å²) in [5.74, 6) is -1.74. The summed E-state index contributed by atoms with van der Waals surface area (Å²) in [4.78, 5) is 51.3. The van der Waals surface area contributed by atoms with Crippen molar-refractivity contribution in [2.45, 2.75) is 57.5 Å². The Kier molecular flexibility index (Phi) is 68.7. The first-order valence-electron chi connectivity index (χ1n) is 34.1. The van der Waals surface area contributed by atoms with Crippen LogP contribution < -0.4 is 5.32 Å². The number of rotatable bonds is 77. The standard InChI is InChI=1S/C64H118N2O30/c67-61-8-9-62(68)66(61)96-63(69)10-12-71-14-16-73-18-20-75-22-24-77-26-28-79-30-32-81-34-36-83-38-40-85-42-44-87-46-48-89-50-52-91-54-56-93-58-59-94-57-55-92-53-51-90-49-47-88-45-43-86-41-39-84-37-35-82-33-31-80-29-27-78-25-23-76-21-19-74-17-15-72-13-11-65-64(70)95-60-6-4-2-1-3-5-7-60/h1-2,60H,3-59H2,(H,65,70). The van der Waals surface area contributed by atoms with Crippen LogP contribution in [0.5, 0.6) is 0 Å². The highest BCUT2D eigenvalue weighted by molar-refractivity contribution is 6.01. The molecule has 32 heteroatoms. The van der Waals surface area contributed by atoms with E-state index in [0.717, 1.165) is 32.1 Å². The van der Waals surface area contributed by atoms with Gasteiger partial charge in [-0.15, -0.1) is 5.06 Å². The minimum atomic E-state index is -0.706. The molecule has 564 valence electrons. The molecule has 1 saturated heterocycles. The molecule has 0 aromatic carbocycles. The molecule has 0 aromatic rings. The van der Waals surface area contributed by atoms with Crippen molar-refractivity contribution in [1.82, 2.24) is 10.4 Å². The summed E-state index contributed by atoms with van der Waals surface area (Å²) in [6.07, 6.45) is 8.75. The van der Waals surface area contributed by atoms with E-state index < -0.39 is 17.8 Å². The minimum absolute atomic E-state index is 0.0194. The van der Waals surface area contributed by atoms with Crippen molar-refractivity contribution >= 4 is 23.9 Å². The smallest absolute Gasteiger partial charge is 0.407 e. The Morgan fingerprint density at radius 1 is 0.302 bits per heavy atom. The molecule has 0 aromatic heterocycles. The van der Waals surface area contributed by atoms with Crippen LogP contribution in [-0.4, -0.2) is 359 Å². The molecule has 0 bridgehead atoms. The van der Waals surface area contributed by atoms with Crippen LogP contribution in [0, 0.1) is 0 Å². The van der Waals surface area contributed by atoms with Gasteiger partial charge in [0.05, 0.1) is 324 Å². The number of amides is 3. The molecule has 0 spiro atoms. The van der Waals surface area contributed by atoms with Crippen LogP contribution in [0.15, 0.2) is 12.2 Å². The summed E-state index contributed by atoms with van der Waals surface area (Å²) in [7, 11) is 0. The first-order chi connectivity index (χ1) is 47.6. The number of hydroxylamine groups is 2. The summed E-state index contributed by atoms with van der Waals surface area (Å²) in [6.45, 7) is 21.9. The van der Waals surface area contributed by atoms with Gasteiger partial charge in [-0.2, -0.15) is 0 Å². The third kappa shape index (κ3) is 65.3. The van der Waals surface area contributed by atoms with E-state index in [1.54, 1.807) is 0 Å². The van der Waals surface area contributed by atoms with Gasteiger partial charge in [0.15, 0.2) is 0 Å². The number of carbonyl (C=O) groups excluding carboxylic acids is 4. The molecule has 1 heterocycles. The molecule has 1 aliphatic heterocycles. The molecule has 0 saturated carbocycles. The lowest BCUT2D eigenvalue weighted by Crippen LogP contribution is -2.32. The molecule has 1 unspecified atom stereocenters. The monoisotopic (exact) mass is 1390 g/mol. The molecular weight excluding hydrogens is 1280 g/mol. The number of nitrogens with zero attached hydrogens (tertiary/aromatic N) is 1. The van der Waals surface area contributed by atoms with Gasteiger partial charge in [0.25, 0.3) is 11.8 Å². The van der Waals surface area contributed by atoms with Crippen LogP contribution in [-0.2, 0) is 138 Å². The van der Waals surface area contributed by atoms with Crippen molar-refractivity contribution in [2.24, 2.45) is 0 Å². The van der Waals surface area contributed by atoms with Crippen LogP contribution >= 0.6 is 0 Å². The van der Waals surface area contributed by atoms with E-state index in [1.165, 1.54) is 0 Å². The predicted octanol–water partition coefficient (Wildman–Crippen LogP) is 2.00. The maximum absolute atomic E-state index is 12.0. The minimum Gasteiger partial charge on any atom is -0.446 e. The van der Waals surface area contributed by atoms with Crippen molar-refractivity contribution in [3.8, 4) is 0 Å². The van der Waals surface area contributed by atoms with E-state index in [4.69, 9.17) is 123 Å². The van der Waals surface area contributed by atoms with E-state index in [0.29, 0.717) is 316 Å². The number of hydrogen-bond acceptors (Lipinski definition) is 30. The van der Waals surface area contributed by atoms with Gasteiger partial charge in [0.1, 0.15) is 6.10 Å². The van der Waals surface area contributed by atoms with Crippen molar-refractivity contribution in [3.05, 3.63) is 12.2 Å². The van der Waals surface area contributed by atoms with Crippen LogP contribution in [0.2, 0.25) is 0 Å². The summed E-state index contributed by atoms with van der Waals surface area (Å²) in [5.41, 5.74) is 0. The Morgan fingerprint density at radius 3 is 0.771 bits per heavy atom. The first-order valence-corrected chi connectivity index (χ1v) is 34.1. The number of hydrogen-bond donors (Lipinski definition) is 1. The lowest BCUT2D eigenvalue weighted by molar-refractivity contribution is -0.198. The third-order valence-corrected chi connectivity index (χ3v) is 12.7. The zero-order valence-electron chi connectivity index (χ0n) is 57.2. The van der Waals surface area contributed by atoms with Gasteiger partial charge in [-0.1, -0.05) is 12.2 Å². The lowest BCUT2D eigenvalue weighted by Gasteiger charge is -2.18. The fourth-order valence-electron chi connectivity index (χ4n) is 7.78. The molecule has 0 radical (unpaired) electrons. The topological polar surface area (TPSA) is 324 Å². The van der Waals surface area contributed by atoms with E-state index >= 15 is 0 Å². The van der Waals surface area contributed by atoms with Crippen molar-refractivity contribution in [1.29, 1.82) is 0 Å². The second-order valence-electron chi connectivity index (χ2n) is 20.4. The number of alkyl carbamates (subject to hydrolysis) is 1. The molecule has 3 amide bonds. The van der Waals surface area contributed by atoms with Gasteiger partial charge in [-0.25, -0.2) is 9.59 Å². The summed E-state index contributed by atoms with van der Waals surface area (Å²) in [6, 6.07) is 0. The fraction of sp³-hybridized carbons (Fsp3) is 0.906. The van der Waals surface area contributed by atoms with Crippen LogP contribution in [0.25, 0.3) is 0 Å². The average molecular weight is 1400 g/mol. The molecular formula is C64H118N2O30. The van der Waals surface area contributed by atoms with Crippen molar-refractivity contribution in [2.75, 3.05) is 324 Å². The van der Waals surface area contributed by atoms with Crippen LogP contribution in [0.1, 0.15) is 51.4 Å². The van der Waals surface area contributed by atoms with Gasteiger partial charge in [0.2, 0.25) is 0 Å². The largest absolute Gasteiger partial charge is 0.446 e. The number of allylic oxidation sites excluding steroid dienone is 2. The molecule has 2 rings (SSSR count). The highest BCUT2D eigenvalue weighted by Crippen LogP contribution is 2.16.